The van der Waals surface area contributed by atoms with Crippen molar-refractivity contribution in [3.63, 3.8) is 0 Å². The van der Waals surface area contributed by atoms with Crippen LogP contribution in [0.1, 0.15) is 17.2 Å². The lowest BCUT2D eigenvalue weighted by atomic mass is 10.0. The molecule has 0 spiro atoms. The quantitative estimate of drug-likeness (QED) is 0.792. The molecule has 1 aromatic rings. The number of hydrogen-bond acceptors (Lipinski definition) is 1. The number of hydrogen-bond donors (Lipinski definition) is 1. The second-order valence-electron chi connectivity index (χ2n) is 2.97. The van der Waals surface area contributed by atoms with Crippen molar-refractivity contribution in [3.8, 4) is 0 Å². The Morgan fingerprint density at radius 2 is 1.93 bits per heavy atom. The molecule has 0 bridgehead atoms. The molecule has 0 aromatic heterocycles. The maximum atomic E-state index is 12.3. The fourth-order valence-corrected chi connectivity index (χ4v) is 1.66. The van der Waals surface area contributed by atoms with Crippen LogP contribution in [0.25, 0.3) is 0 Å². The highest BCUT2D eigenvalue weighted by atomic mass is 127. The summed E-state index contributed by atoms with van der Waals surface area (Å²) in [7, 11) is 0. The van der Waals surface area contributed by atoms with Crippen LogP contribution in [-0.4, -0.2) is 6.18 Å². The van der Waals surface area contributed by atoms with Gasteiger partial charge in [-0.3, -0.25) is 0 Å². The Kier molecular flexibility index (Phi) is 3.41. The summed E-state index contributed by atoms with van der Waals surface area (Å²) in [5, 5.41) is 0. The zero-order valence-corrected chi connectivity index (χ0v) is 9.56. The SMILES string of the molecule is Cc1c(I)cccc1C(N)C(F)(F)F. The third kappa shape index (κ3) is 2.38. The van der Waals surface area contributed by atoms with Crippen molar-refractivity contribution in [3.05, 3.63) is 32.9 Å². The van der Waals surface area contributed by atoms with E-state index in [9.17, 15) is 13.2 Å². The van der Waals surface area contributed by atoms with E-state index in [0.29, 0.717) is 5.56 Å². The summed E-state index contributed by atoms with van der Waals surface area (Å²) in [5.41, 5.74) is 5.85. The van der Waals surface area contributed by atoms with Crippen LogP contribution in [0.5, 0.6) is 0 Å². The first kappa shape index (κ1) is 11.8. The van der Waals surface area contributed by atoms with Gasteiger partial charge in [0.1, 0.15) is 6.04 Å². The maximum Gasteiger partial charge on any atom is 0.407 e. The largest absolute Gasteiger partial charge is 0.407 e. The lowest BCUT2D eigenvalue weighted by molar-refractivity contribution is -0.149. The van der Waals surface area contributed by atoms with Crippen LogP contribution in [0.4, 0.5) is 13.2 Å². The van der Waals surface area contributed by atoms with Crippen LogP contribution in [-0.2, 0) is 0 Å². The first-order chi connectivity index (χ1) is 6.34. The fraction of sp³-hybridized carbons (Fsp3) is 0.333. The molecule has 14 heavy (non-hydrogen) atoms. The Bertz CT molecular complexity index is 335. The number of alkyl halides is 3. The smallest absolute Gasteiger partial charge is 0.316 e. The number of halogens is 4. The van der Waals surface area contributed by atoms with Crippen LogP contribution in [0.3, 0.4) is 0 Å². The predicted octanol–water partition coefficient (Wildman–Crippen LogP) is 3.16. The van der Waals surface area contributed by atoms with Gasteiger partial charge in [0.2, 0.25) is 0 Å². The Hall–Kier alpha value is -0.300. The average molecular weight is 315 g/mol. The second kappa shape index (κ2) is 4.06. The van der Waals surface area contributed by atoms with E-state index in [-0.39, 0.29) is 5.56 Å². The predicted molar refractivity (Wildman–Crippen MR) is 56.9 cm³/mol. The molecule has 1 unspecified atom stereocenters. The van der Waals surface area contributed by atoms with E-state index in [0.717, 1.165) is 3.57 Å². The van der Waals surface area contributed by atoms with Crippen LogP contribution >= 0.6 is 22.6 Å². The Labute approximate surface area is 93.6 Å². The van der Waals surface area contributed by atoms with E-state index in [1.54, 1.807) is 19.1 Å². The minimum absolute atomic E-state index is 0.143. The molecule has 0 aliphatic rings. The molecule has 1 atom stereocenters. The Balaban J connectivity index is 3.14. The van der Waals surface area contributed by atoms with Gasteiger partial charge in [-0.05, 0) is 46.7 Å². The summed E-state index contributed by atoms with van der Waals surface area (Å²) in [6.45, 7) is 1.64. The maximum absolute atomic E-state index is 12.3. The van der Waals surface area contributed by atoms with Gasteiger partial charge in [0.25, 0.3) is 0 Å². The lowest BCUT2D eigenvalue weighted by Gasteiger charge is -2.18. The number of benzene rings is 1. The zero-order chi connectivity index (χ0) is 10.9. The van der Waals surface area contributed by atoms with Crippen molar-refractivity contribution >= 4 is 22.6 Å². The van der Waals surface area contributed by atoms with Crippen LogP contribution < -0.4 is 5.73 Å². The van der Waals surface area contributed by atoms with Crippen molar-refractivity contribution in [2.45, 2.75) is 19.1 Å². The third-order valence-electron chi connectivity index (χ3n) is 2.00. The minimum Gasteiger partial charge on any atom is -0.316 e. The average Bonchev–Trinajstić information content (AvgIpc) is 2.07. The number of rotatable bonds is 1. The highest BCUT2D eigenvalue weighted by molar-refractivity contribution is 14.1. The molecule has 1 rings (SSSR count). The molecule has 78 valence electrons. The van der Waals surface area contributed by atoms with Gasteiger partial charge >= 0.3 is 6.18 Å². The van der Waals surface area contributed by atoms with E-state index in [1.165, 1.54) is 6.07 Å². The van der Waals surface area contributed by atoms with Crippen molar-refractivity contribution < 1.29 is 13.2 Å². The van der Waals surface area contributed by atoms with Gasteiger partial charge in [-0.25, -0.2) is 0 Å². The van der Waals surface area contributed by atoms with Crippen molar-refractivity contribution in [1.29, 1.82) is 0 Å². The molecule has 1 aromatic carbocycles. The minimum atomic E-state index is -4.38. The van der Waals surface area contributed by atoms with Crippen LogP contribution in [0.2, 0.25) is 0 Å². The van der Waals surface area contributed by atoms with Gasteiger partial charge in [-0.2, -0.15) is 13.2 Å². The van der Waals surface area contributed by atoms with Gasteiger partial charge in [-0.1, -0.05) is 12.1 Å². The molecule has 0 amide bonds. The van der Waals surface area contributed by atoms with Crippen LogP contribution in [0, 0.1) is 10.5 Å². The summed E-state index contributed by atoms with van der Waals surface area (Å²) in [5.74, 6) is 0. The zero-order valence-electron chi connectivity index (χ0n) is 7.40. The fourth-order valence-electron chi connectivity index (χ4n) is 1.14. The highest BCUT2D eigenvalue weighted by Gasteiger charge is 2.38. The van der Waals surface area contributed by atoms with Crippen molar-refractivity contribution in [2.75, 3.05) is 0 Å². The van der Waals surface area contributed by atoms with Gasteiger partial charge in [0, 0.05) is 3.57 Å². The summed E-state index contributed by atoms with van der Waals surface area (Å²) < 4.78 is 37.7. The monoisotopic (exact) mass is 315 g/mol. The van der Waals surface area contributed by atoms with Crippen LogP contribution in [0.15, 0.2) is 18.2 Å². The molecule has 0 aliphatic heterocycles. The van der Waals surface area contributed by atoms with E-state index >= 15 is 0 Å². The lowest BCUT2D eigenvalue weighted by Crippen LogP contribution is -2.29. The molecule has 1 nitrogen and oxygen atoms in total. The first-order valence-electron chi connectivity index (χ1n) is 3.91. The molecule has 0 radical (unpaired) electrons. The third-order valence-corrected chi connectivity index (χ3v) is 3.17. The Morgan fingerprint density at radius 1 is 1.36 bits per heavy atom. The molecular weight excluding hydrogens is 306 g/mol. The normalized spacial score (nSPS) is 14.1. The van der Waals surface area contributed by atoms with Gasteiger partial charge < -0.3 is 5.73 Å². The topological polar surface area (TPSA) is 26.0 Å². The summed E-state index contributed by atoms with van der Waals surface area (Å²) in [6.07, 6.45) is -4.38. The van der Waals surface area contributed by atoms with E-state index in [4.69, 9.17) is 5.73 Å². The molecule has 0 heterocycles. The van der Waals surface area contributed by atoms with Gasteiger partial charge in [-0.15, -0.1) is 0 Å². The molecule has 0 saturated heterocycles. The molecule has 5 heteroatoms. The molecule has 0 saturated carbocycles. The molecule has 0 aliphatic carbocycles. The second-order valence-corrected chi connectivity index (χ2v) is 4.14. The van der Waals surface area contributed by atoms with Crippen molar-refractivity contribution in [1.82, 2.24) is 0 Å². The van der Waals surface area contributed by atoms with E-state index in [2.05, 4.69) is 0 Å². The van der Waals surface area contributed by atoms with Gasteiger partial charge in [0.15, 0.2) is 0 Å². The van der Waals surface area contributed by atoms with E-state index in [1.807, 2.05) is 22.6 Å². The standard InChI is InChI=1S/C9H9F3IN/c1-5-6(3-2-4-7(5)13)8(14)9(10,11)12/h2-4,8H,14H2,1H3. The highest BCUT2D eigenvalue weighted by Crippen LogP contribution is 2.33. The van der Waals surface area contributed by atoms with E-state index < -0.39 is 12.2 Å². The number of nitrogens with two attached hydrogens (primary N) is 1. The van der Waals surface area contributed by atoms with Gasteiger partial charge in [0.05, 0.1) is 0 Å². The van der Waals surface area contributed by atoms with Crippen molar-refractivity contribution in [2.24, 2.45) is 5.73 Å². The molecular formula is C9H9F3IN. The molecule has 2 N–H and O–H groups in total. The summed E-state index contributed by atoms with van der Waals surface area (Å²) in [4.78, 5) is 0. The first-order valence-corrected chi connectivity index (χ1v) is 4.99. The summed E-state index contributed by atoms with van der Waals surface area (Å²) >= 11 is 1.99. The summed E-state index contributed by atoms with van der Waals surface area (Å²) in [6, 6.07) is 2.85. The molecule has 0 fully saturated rings. The Morgan fingerprint density at radius 3 is 2.43 bits per heavy atom.